The number of amides is 1. The highest BCUT2D eigenvalue weighted by atomic mass is 32.1. The fourth-order valence-corrected chi connectivity index (χ4v) is 2.68. The number of anilines is 1. The van der Waals surface area contributed by atoms with Crippen LogP contribution in [0.2, 0.25) is 0 Å². The van der Waals surface area contributed by atoms with Crippen molar-refractivity contribution in [1.82, 2.24) is 4.57 Å². The molecule has 0 unspecified atom stereocenters. The molecule has 0 radical (unpaired) electrons. The number of carbonyl (C=O) groups excluding carboxylic acids is 2. The summed E-state index contributed by atoms with van der Waals surface area (Å²) in [5.41, 5.74) is 1.86. The summed E-state index contributed by atoms with van der Waals surface area (Å²) in [6.45, 7) is 2.18. The average Bonchev–Trinajstić information content (AvgIpc) is 2.84. The SMILES string of the molecule is COC(=O)c1ccc(NC(=O)CCn2c(C)csc2=O)cc1. The first-order valence-electron chi connectivity index (χ1n) is 6.64. The molecule has 1 heterocycles. The first-order chi connectivity index (χ1) is 10.5. The standard InChI is InChI=1S/C15H16N2O4S/c1-10-9-22-15(20)17(10)8-7-13(18)16-12-5-3-11(4-6-12)14(19)21-2/h3-6,9H,7-8H2,1-2H3,(H,16,18). The maximum absolute atomic E-state index is 11.9. The van der Waals surface area contributed by atoms with Crippen LogP contribution in [0.1, 0.15) is 22.5 Å². The second-order valence-electron chi connectivity index (χ2n) is 4.66. The third-order valence-electron chi connectivity index (χ3n) is 3.13. The van der Waals surface area contributed by atoms with Crippen LogP contribution in [0.3, 0.4) is 0 Å². The number of aryl methyl sites for hydroxylation is 1. The molecular weight excluding hydrogens is 304 g/mol. The second kappa shape index (κ2) is 7.04. The molecule has 2 aromatic rings. The van der Waals surface area contributed by atoms with E-state index in [0.717, 1.165) is 17.0 Å². The van der Waals surface area contributed by atoms with Gasteiger partial charge < -0.3 is 14.6 Å². The molecule has 6 nitrogen and oxygen atoms in total. The van der Waals surface area contributed by atoms with Crippen molar-refractivity contribution in [2.75, 3.05) is 12.4 Å². The van der Waals surface area contributed by atoms with Crippen molar-refractivity contribution in [3.05, 3.63) is 50.6 Å². The number of nitrogens with zero attached hydrogens (tertiary/aromatic N) is 1. The minimum Gasteiger partial charge on any atom is -0.465 e. The normalized spacial score (nSPS) is 10.3. The lowest BCUT2D eigenvalue weighted by Crippen LogP contribution is -2.20. The Morgan fingerprint density at radius 2 is 1.95 bits per heavy atom. The molecule has 0 fully saturated rings. The number of hydrogen-bond donors (Lipinski definition) is 1. The highest BCUT2D eigenvalue weighted by Crippen LogP contribution is 2.11. The van der Waals surface area contributed by atoms with Crippen LogP contribution in [0.4, 0.5) is 5.69 Å². The third-order valence-corrected chi connectivity index (χ3v) is 4.01. The van der Waals surface area contributed by atoms with Crippen molar-refractivity contribution in [2.24, 2.45) is 0 Å². The molecule has 1 N–H and O–H groups in total. The molecule has 0 spiro atoms. The highest BCUT2D eigenvalue weighted by molar-refractivity contribution is 7.07. The molecule has 0 bridgehead atoms. The Hall–Kier alpha value is -2.41. The Labute approximate surface area is 131 Å². The summed E-state index contributed by atoms with van der Waals surface area (Å²) in [5.74, 6) is -0.617. The number of aromatic nitrogens is 1. The van der Waals surface area contributed by atoms with Crippen molar-refractivity contribution in [3.63, 3.8) is 0 Å². The lowest BCUT2D eigenvalue weighted by Gasteiger charge is -2.07. The topological polar surface area (TPSA) is 77.4 Å². The van der Waals surface area contributed by atoms with Crippen LogP contribution in [0.15, 0.2) is 34.4 Å². The van der Waals surface area contributed by atoms with Crippen LogP contribution in [-0.2, 0) is 16.1 Å². The fraction of sp³-hybridized carbons (Fsp3) is 0.267. The van der Waals surface area contributed by atoms with Gasteiger partial charge in [-0.2, -0.15) is 0 Å². The Kier molecular flexibility index (Phi) is 5.11. The van der Waals surface area contributed by atoms with Gasteiger partial charge in [0.2, 0.25) is 5.91 Å². The number of carbonyl (C=O) groups is 2. The van der Waals surface area contributed by atoms with E-state index in [9.17, 15) is 14.4 Å². The lowest BCUT2D eigenvalue weighted by atomic mass is 10.2. The molecule has 0 aliphatic heterocycles. The molecule has 1 amide bonds. The molecule has 0 saturated heterocycles. The largest absolute Gasteiger partial charge is 0.465 e. The first-order valence-corrected chi connectivity index (χ1v) is 7.52. The molecule has 0 aliphatic carbocycles. The Bertz CT molecular complexity index is 731. The van der Waals surface area contributed by atoms with Crippen molar-refractivity contribution < 1.29 is 14.3 Å². The summed E-state index contributed by atoms with van der Waals surface area (Å²) in [4.78, 5) is 34.7. The van der Waals surface area contributed by atoms with Crippen LogP contribution in [0, 0.1) is 6.92 Å². The predicted molar refractivity (Wildman–Crippen MR) is 84.3 cm³/mol. The van der Waals surface area contributed by atoms with E-state index in [1.54, 1.807) is 34.2 Å². The molecule has 7 heteroatoms. The molecule has 22 heavy (non-hydrogen) atoms. The zero-order valence-electron chi connectivity index (χ0n) is 12.3. The molecule has 0 aliphatic rings. The average molecular weight is 320 g/mol. The summed E-state index contributed by atoms with van der Waals surface area (Å²) < 4.78 is 6.18. The molecule has 0 atom stereocenters. The summed E-state index contributed by atoms with van der Waals surface area (Å²) in [7, 11) is 1.31. The van der Waals surface area contributed by atoms with Crippen LogP contribution in [0.5, 0.6) is 0 Å². The van der Waals surface area contributed by atoms with E-state index in [-0.39, 0.29) is 17.2 Å². The lowest BCUT2D eigenvalue weighted by molar-refractivity contribution is -0.116. The van der Waals surface area contributed by atoms with Crippen LogP contribution < -0.4 is 10.2 Å². The Morgan fingerprint density at radius 3 is 2.50 bits per heavy atom. The number of methoxy groups -OCH3 is 1. The monoisotopic (exact) mass is 320 g/mol. The molecule has 1 aromatic heterocycles. The van der Waals surface area contributed by atoms with Gasteiger partial charge in [0.25, 0.3) is 0 Å². The first kappa shape index (κ1) is 16.0. The molecule has 0 saturated carbocycles. The van der Waals surface area contributed by atoms with Gasteiger partial charge in [0, 0.05) is 29.7 Å². The zero-order valence-corrected chi connectivity index (χ0v) is 13.1. The van der Waals surface area contributed by atoms with Crippen molar-refractivity contribution >= 4 is 28.9 Å². The van der Waals surface area contributed by atoms with Gasteiger partial charge in [-0.25, -0.2) is 4.79 Å². The van der Waals surface area contributed by atoms with Crippen molar-refractivity contribution in [2.45, 2.75) is 19.9 Å². The van der Waals surface area contributed by atoms with E-state index in [2.05, 4.69) is 10.1 Å². The Balaban J connectivity index is 1.92. The number of benzene rings is 1. The quantitative estimate of drug-likeness (QED) is 0.855. The number of rotatable bonds is 5. The van der Waals surface area contributed by atoms with Gasteiger partial charge in [-0.05, 0) is 31.2 Å². The second-order valence-corrected chi connectivity index (χ2v) is 5.48. The van der Waals surface area contributed by atoms with Gasteiger partial charge in [0.15, 0.2) is 0 Å². The minimum absolute atomic E-state index is 0.0623. The molecule has 2 rings (SSSR count). The smallest absolute Gasteiger partial charge is 0.337 e. The summed E-state index contributed by atoms with van der Waals surface area (Å²) in [6, 6.07) is 6.42. The summed E-state index contributed by atoms with van der Waals surface area (Å²) in [6.07, 6.45) is 0.205. The molecule has 1 aromatic carbocycles. The van der Waals surface area contributed by atoms with E-state index < -0.39 is 5.97 Å². The van der Waals surface area contributed by atoms with Gasteiger partial charge >= 0.3 is 10.8 Å². The van der Waals surface area contributed by atoms with E-state index in [1.807, 2.05) is 6.92 Å². The van der Waals surface area contributed by atoms with Gasteiger partial charge in [-0.1, -0.05) is 11.3 Å². The number of ether oxygens (including phenoxy) is 1. The number of thiazole rings is 1. The maximum Gasteiger partial charge on any atom is 0.337 e. The van der Waals surface area contributed by atoms with Gasteiger partial charge in [-0.15, -0.1) is 0 Å². The van der Waals surface area contributed by atoms with Crippen LogP contribution in [0.25, 0.3) is 0 Å². The predicted octanol–water partition coefficient (Wildman–Crippen LogP) is 2.03. The van der Waals surface area contributed by atoms with Gasteiger partial charge in [0.05, 0.1) is 12.7 Å². The van der Waals surface area contributed by atoms with Crippen LogP contribution in [-0.4, -0.2) is 23.6 Å². The molecular formula is C15H16N2O4S. The number of esters is 1. The maximum atomic E-state index is 11.9. The summed E-state index contributed by atoms with van der Waals surface area (Å²) in [5, 5.41) is 4.49. The van der Waals surface area contributed by atoms with Crippen LogP contribution >= 0.6 is 11.3 Å². The minimum atomic E-state index is -0.426. The number of hydrogen-bond acceptors (Lipinski definition) is 5. The molecule has 116 valence electrons. The Morgan fingerprint density at radius 1 is 1.27 bits per heavy atom. The zero-order chi connectivity index (χ0) is 16.1. The van der Waals surface area contributed by atoms with E-state index in [4.69, 9.17) is 0 Å². The van der Waals surface area contributed by atoms with Crippen molar-refractivity contribution in [3.8, 4) is 0 Å². The van der Waals surface area contributed by atoms with Crippen molar-refractivity contribution in [1.29, 1.82) is 0 Å². The number of nitrogens with one attached hydrogen (secondary N) is 1. The fourth-order valence-electron chi connectivity index (χ4n) is 1.92. The summed E-state index contributed by atoms with van der Waals surface area (Å²) >= 11 is 1.12. The highest BCUT2D eigenvalue weighted by Gasteiger charge is 2.08. The van der Waals surface area contributed by atoms with E-state index >= 15 is 0 Å². The van der Waals surface area contributed by atoms with Gasteiger partial charge in [-0.3, -0.25) is 9.59 Å². The van der Waals surface area contributed by atoms with E-state index in [0.29, 0.717) is 17.8 Å². The third kappa shape index (κ3) is 3.82. The van der Waals surface area contributed by atoms with Gasteiger partial charge in [0.1, 0.15) is 0 Å². The van der Waals surface area contributed by atoms with E-state index in [1.165, 1.54) is 7.11 Å².